The molecule has 0 bridgehead atoms. The largest absolute Gasteiger partial charge is 0.496 e. The van der Waals surface area contributed by atoms with Crippen LogP contribution in [0.5, 0.6) is 11.5 Å². The molecule has 3 rings (SSSR count). The molecular formula is C23H31FIN3O3. The molecule has 0 amide bonds. The van der Waals surface area contributed by atoms with Crippen molar-refractivity contribution in [2.24, 2.45) is 4.99 Å². The highest BCUT2D eigenvalue weighted by atomic mass is 127. The Morgan fingerprint density at radius 1 is 1.16 bits per heavy atom. The second-order valence-corrected chi connectivity index (χ2v) is 7.17. The predicted octanol–water partition coefficient (Wildman–Crippen LogP) is 3.97. The van der Waals surface area contributed by atoms with E-state index >= 15 is 0 Å². The molecule has 170 valence electrons. The Balaban J connectivity index is 0.00000341. The minimum atomic E-state index is -0.273. The molecule has 0 fully saturated rings. The number of guanidine groups is 1. The van der Waals surface area contributed by atoms with Gasteiger partial charge in [-0.1, -0.05) is 17.7 Å². The SMILES string of the molecule is CCNC(=NCCc1cc(C)ccc1OC)NCCc1cc(F)cc2c1OCOC2.I. The highest BCUT2D eigenvalue weighted by Crippen LogP contribution is 2.29. The van der Waals surface area contributed by atoms with Crippen molar-refractivity contribution >= 4 is 29.9 Å². The lowest BCUT2D eigenvalue weighted by Gasteiger charge is -2.21. The third-order valence-corrected chi connectivity index (χ3v) is 4.87. The van der Waals surface area contributed by atoms with Crippen molar-refractivity contribution in [2.45, 2.75) is 33.3 Å². The average molecular weight is 543 g/mol. The quantitative estimate of drug-likeness (QED) is 0.300. The highest BCUT2D eigenvalue weighted by Gasteiger charge is 2.16. The first-order chi connectivity index (χ1) is 14.6. The van der Waals surface area contributed by atoms with Gasteiger partial charge >= 0.3 is 0 Å². The first kappa shape index (κ1) is 25.2. The first-order valence-corrected chi connectivity index (χ1v) is 10.3. The summed E-state index contributed by atoms with van der Waals surface area (Å²) in [5.41, 5.74) is 3.93. The molecule has 2 aromatic carbocycles. The van der Waals surface area contributed by atoms with E-state index in [1.165, 1.54) is 17.7 Å². The number of rotatable bonds is 8. The molecule has 1 aliphatic heterocycles. The lowest BCUT2D eigenvalue weighted by molar-refractivity contribution is -0.0172. The minimum absolute atomic E-state index is 0. The summed E-state index contributed by atoms with van der Waals surface area (Å²) in [6.07, 6.45) is 1.41. The number of methoxy groups -OCH3 is 1. The van der Waals surface area contributed by atoms with Gasteiger partial charge in [-0.15, -0.1) is 24.0 Å². The van der Waals surface area contributed by atoms with Crippen LogP contribution in [0.1, 0.15) is 29.2 Å². The number of ether oxygens (including phenoxy) is 3. The smallest absolute Gasteiger partial charge is 0.191 e. The maximum atomic E-state index is 13.9. The van der Waals surface area contributed by atoms with Crippen LogP contribution in [0.3, 0.4) is 0 Å². The lowest BCUT2D eigenvalue weighted by Crippen LogP contribution is -2.38. The van der Waals surface area contributed by atoms with Gasteiger partial charge in [-0.2, -0.15) is 0 Å². The molecule has 6 nitrogen and oxygen atoms in total. The van der Waals surface area contributed by atoms with Crippen LogP contribution < -0.4 is 20.1 Å². The van der Waals surface area contributed by atoms with Crippen molar-refractivity contribution < 1.29 is 18.6 Å². The van der Waals surface area contributed by atoms with Crippen LogP contribution in [0.4, 0.5) is 4.39 Å². The van der Waals surface area contributed by atoms with Gasteiger partial charge in [-0.25, -0.2) is 4.39 Å². The fourth-order valence-corrected chi connectivity index (χ4v) is 3.49. The fourth-order valence-electron chi connectivity index (χ4n) is 3.49. The van der Waals surface area contributed by atoms with Crippen LogP contribution in [-0.4, -0.2) is 39.5 Å². The number of halogens is 2. The number of aliphatic imine (C=N–C) groups is 1. The number of benzene rings is 2. The van der Waals surface area contributed by atoms with Crippen LogP contribution in [-0.2, 0) is 24.2 Å². The van der Waals surface area contributed by atoms with Gasteiger partial charge < -0.3 is 24.8 Å². The van der Waals surface area contributed by atoms with Crippen LogP contribution in [0, 0.1) is 12.7 Å². The Kier molecular flexibility index (Phi) is 10.3. The van der Waals surface area contributed by atoms with Gasteiger partial charge in [0.15, 0.2) is 12.8 Å². The molecule has 0 aromatic heterocycles. The van der Waals surface area contributed by atoms with E-state index in [0.717, 1.165) is 47.1 Å². The van der Waals surface area contributed by atoms with Crippen molar-refractivity contribution in [3.63, 3.8) is 0 Å². The van der Waals surface area contributed by atoms with E-state index in [-0.39, 0.29) is 36.6 Å². The number of fused-ring (bicyclic) bond motifs is 1. The van der Waals surface area contributed by atoms with Crippen LogP contribution in [0.25, 0.3) is 0 Å². The van der Waals surface area contributed by atoms with Gasteiger partial charge in [0.2, 0.25) is 0 Å². The molecule has 0 saturated carbocycles. The van der Waals surface area contributed by atoms with E-state index in [2.05, 4.69) is 28.6 Å². The monoisotopic (exact) mass is 543 g/mol. The molecule has 1 aliphatic rings. The maximum Gasteiger partial charge on any atom is 0.191 e. The minimum Gasteiger partial charge on any atom is -0.496 e. The predicted molar refractivity (Wildman–Crippen MR) is 131 cm³/mol. The van der Waals surface area contributed by atoms with Gasteiger partial charge in [0.25, 0.3) is 0 Å². The Labute approximate surface area is 200 Å². The zero-order chi connectivity index (χ0) is 21.3. The Hall–Kier alpha value is -2.07. The van der Waals surface area contributed by atoms with Crippen molar-refractivity contribution in [1.29, 1.82) is 0 Å². The second kappa shape index (κ2) is 12.7. The lowest BCUT2D eigenvalue weighted by atomic mass is 10.1. The zero-order valence-corrected chi connectivity index (χ0v) is 20.6. The number of hydrogen-bond donors (Lipinski definition) is 2. The third-order valence-electron chi connectivity index (χ3n) is 4.87. The Morgan fingerprint density at radius 3 is 2.77 bits per heavy atom. The first-order valence-electron chi connectivity index (χ1n) is 10.3. The summed E-state index contributed by atoms with van der Waals surface area (Å²) in [4.78, 5) is 4.66. The number of aryl methyl sites for hydroxylation is 1. The van der Waals surface area contributed by atoms with E-state index < -0.39 is 0 Å². The number of hydrogen-bond acceptors (Lipinski definition) is 4. The Morgan fingerprint density at radius 2 is 2.00 bits per heavy atom. The topological polar surface area (TPSA) is 64.1 Å². The van der Waals surface area contributed by atoms with E-state index in [4.69, 9.17) is 14.2 Å². The summed E-state index contributed by atoms with van der Waals surface area (Å²) in [6, 6.07) is 9.16. The van der Waals surface area contributed by atoms with Crippen LogP contribution >= 0.6 is 24.0 Å². The fraction of sp³-hybridized carbons (Fsp3) is 0.435. The van der Waals surface area contributed by atoms with E-state index in [1.807, 2.05) is 19.1 Å². The van der Waals surface area contributed by atoms with Crippen molar-refractivity contribution in [3.05, 3.63) is 58.4 Å². The molecule has 8 heteroatoms. The number of nitrogens with zero attached hydrogens (tertiary/aromatic N) is 1. The highest BCUT2D eigenvalue weighted by molar-refractivity contribution is 14.0. The molecule has 0 aliphatic carbocycles. The molecular weight excluding hydrogens is 512 g/mol. The normalized spacial score (nSPS) is 13.0. The standard InChI is InChI=1S/C23H30FN3O3.HI/c1-4-25-23(26-9-7-17-11-16(2)5-6-21(17)28-3)27-10-8-18-12-20(24)13-19-14-29-15-30-22(18)19;/h5-6,11-13H,4,7-10,14-15H2,1-3H3,(H2,25,26,27);1H. The second-order valence-electron chi connectivity index (χ2n) is 7.17. The van der Waals surface area contributed by atoms with E-state index in [9.17, 15) is 4.39 Å². The number of nitrogens with one attached hydrogen (secondary N) is 2. The van der Waals surface area contributed by atoms with E-state index in [1.54, 1.807) is 7.11 Å². The molecule has 31 heavy (non-hydrogen) atoms. The molecule has 0 unspecified atom stereocenters. The summed E-state index contributed by atoms with van der Waals surface area (Å²) in [5.74, 6) is 2.08. The summed E-state index contributed by atoms with van der Waals surface area (Å²) in [5, 5.41) is 6.57. The summed E-state index contributed by atoms with van der Waals surface area (Å²) < 4.78 is 30.2. The van der Waals surface area contributed by atoms with E-state index in [0.29, 0.717) is 26.1 Å². The van der Waals surface area contributed by atoms with Gasteiger partial charge in [0, 0.05) is 25.2 Å². The summed E-state index contributed by atoms with van der Waals surface area (Å²) in [7, 11) is 1.68. The molecule has 0 saturated heterocycles. The van der Waals surface area contributed by atoms with Gasteiger partial charge in [-0.3, -0.25) is 4.99 Å². The Bertz CT molecular complexity index is 893. The average Bonchev–Trinajstić information content (AvgIpc) is 2.73. The maximum absolute atomic E-state index is 13.9. The van der Waals surface area contributed by atoms with Crippen LogP contribution in [0.15, 0.2) is 35.3 Å². The van der Waals surface area contributed by atoms with Crippen LogP contribution in [0.2, 0.25) is 0 Å². The molecule has 0 radical (unpaired) electrons. The summed E-state index contributed by atoms with van der Waals surface area (Å²) >= 11 is 0. The molecule has 2 aromatic rings. The van der Waals surface area contributed by atoms with Crippen molar-refractivity contribution in [3.8, 4) is 11.5 Å². The molecule has 2 N–H and O–H groups in total. The zero-order valence-electron chi connectivity index (χ0n) is 18.3. The summed E-state index contributed by atoms with van der Waals surface area (Å²) in [6.45, 7) is 6.67. The molecule has 0 atom stereocenters. The van der Waals surface area contributed by atoms with Crippen molar-refractivity contribution in [2.75, 3.05) is 33.5 Å². The van der Waals surface area contributed by atoms with Gasteiger partial charge in [-0.05, 0) is 56.0 Å². The van der Waals surface area contributed by atoms with Gasteiger partial charge in [0.1, 0.15) is 17.3 Å². The van der Waals surface area contributed by atoms with Gasteiger partial charge in [0.05, 0.1) is 13.7 Å². The third kappa shape index (κ3) is 7.24. The molecule has 1 heterocycles. The van der Waals surface area contributed by atoms with Crippen molar-refractivity contribution in [1.82, 2.24) is 10.6 Å². The molecule has 0 spiro atoms.